The van der Waals surface area contributed by atoms with Crippen molar-refractivity contribution in [1.82, 2.24) is 0 Å². The molecule has 5 heteroatoms. The average molecular weight is 210 g/mol. The highest BCUT2D eigenvalue weighted by atomic mass is 16.6. The van der Waals surface area contributed by atoms with Crippen molar-refractivity contribution in [2.75, 3.05) is 26.1 Å². The molecule has 1 rings (SSSR count). The van der Waals surface area contributed by atoms with Gasteiger partial charge in [0.1, 0.15) is 5.69 Å². The van der Waals surface area contributed by atoms with E-state index < -0.39 is 4.92 Å². The molecule has 0 radical (unpaired) electrons. The van der Waals surface area contributed by atoms with Crippen LogP contribution in [0, 0.1) is 17.0 Å². The number of hydrogen-bond donors (Lipinski definition) is 0. The van der Waals surface area contributed by atoms with Crippen molar-refractivity contribution >= 4 is 11.4 Å². The lowest BCUT2D eigenvalue weighted by Gasteiger charge is -2.15. The van der Waals surface area contributed by atoms with E-state index in [0.717, 1.165) is 5.56 Å². The van der Waals surface area contributed by atoms with Crippen LogP contribution >= 0.6 is 0 Å². The Balaban J connectivity index is 3.49. The van der Waals surface area contributed by atoms with Crippen molar-refractivity contribution in [1.29, 1.82) is 0 Å². The Morgan fingerprint density at radius 1 is 1.40 bits per heavy atom. The fourth-order valence-electron chi connectivity index (χ4n) is 1.46. The minimum atomic E-state index is -0.416. The number of ether oxygens (including phenoxy) is 1. The van der Waals surface area contributed by atoms with Gasteiger partial charge in [-0.15, -0.1) is 0 Å². The van der Waals surface area contributed by atoms with Crippen LogP contribution in [0.2, 0.25) is 0 Å². The Labute approximate surface area is 88.4 Å². The van der Waals surface area contributed by atoms with Crippen LogP contribution in [0.5, 0.6) is 5.75 Å². The fraction of sp³-hybridized carbons (Fsp3) is 0.400. The number of anilines is 1. The number of nitrogens with zero attached hydrogens (tertiary/aromatic N) is 2. The number of benzene rings is 1. The second-order valence-electron chi connectivity index (χ2n) is 3.43. The molecular formula is C10H14N2O3. The van der Waals surface area contributed by atoms with Crippen LogP contribution in [-0.4, -0.2) is 26.1 Å². The van der Waals surface area contributed by atoms with E-state index in [1.54, 1.807) is 38.1 Å². The number of nitro benzene ring substituents is 1. The van der Waals surface area contributed by atoms with E-state index in [2.05, 4.69) is 0 Å². The van der Waals surface area contributed by atoms with E-state index in [1.807, 2.05) is 0 Å². The van der Waals surface area contributed by atoms with Crippen molar-refractivity contribution in [3.8, 4) is 5.75 Å². The summed E-state index contributed by atoms with van der Waals surface area (Å²) in [6, 6.07) is 3.52. The molecular weight excluding hydrogens is 196 g/mol. The first kappa shape index (κ1) is 11.3. The van der Waals surface area contributed by atoms with Crippen LogP contribution in [0.1, 0.15) is 5.56 Å². The Hall–Kier alpha value is -1.78. The lowest BCUT2D eigenvalue weighted by atomic mass is 10.1. The molecule has 0 aromatic heterocycles. The normalized spacial score (nSPS) is 9.87. The number of aryl methyl sites for hydroxylation is 1. The summed E-state index contributed by atoms with van der Waals surface area (Å²) in [5.41, 5.74) is 1.32. The summed E-state index contributed by atoms with van der Waals surface area (Å²) in [4.78, 5) is 12.2. The number of rotatable bonds is 3. The Morgan fingerprint density at radius 3 is 2.40 bits per heavy atom. The predicted molar refractivity (Wildman–Crippen MR) is 58.7 cm³/mol. The lowest BCUT2D eigenvalue weighted by molar-refractivity contribution is -0.385. The molecule has 82 valence electrons. The van der Waals surface area contributed by atoms with Gasteiger partial charge in [0.25, 0.3) is 0 Å². The van der Waals surface area contributed by atoms with Gasteiger partial charge in [-0.05, 0) is 18.6 Å². The first-order valence-electron chi connectivity index (χ1n) is 4.48. The summed E-state index contributed by atoms with van der Waals surface area (Å²) in [5, 5.41) is 11.0. The molecule has 5 nitrogen and oxygen atoms in total. The number of methoxy groups -OCH3 is 1. The van der Waals surface area contributed by atoms with Crippen molar-refractivity contribution in [2.45, 2.75) is 6.92 Å². The SMILES string of the molecule is COc1c(C)ccc(N(C)C)c1[N+](=O)[O-]. The number of nitro groups is 1. The molecule has 0 heterocycles. The van der Waals surface area contributed by atoms with E-state index in [9.17, 15) is 10.1 Å². The van der Waals surface area contributed by atoms with Gasteiger partial charge in [0.15, 0.2) is 0 Å². The van der Waals surface area contributed by atoms with E-state index >= 15 is 0 Å². The van der Waals surface area contributed by atoms with Crippen molar-refractivity contribution in [3.63, 3.8) is 0 Å². The molecule has 0 unspecified atom stereocenters. The Morgan fingerprint density at radius 2 is 2.00 bits per heavy atom. The molecule has 15 heavy (non-hydrogen) atoms. The predicted octanol–water partition coefficient (Wildman–Crippen LogP) is 1.98. The minimum Gasteiger partial charge on any atom is -0.490 e. The minimum absolute atomic E-state index is 0.0162. The molecule has 0 aliphatic carbocycles. The zero-order valence-corrected chi connectivity index (χ0v) is 9.27. The Kier molecular flexibility index (Phi) is 3.14. The third-order valence-corrected chi connectivity index (χ3v) is 2.18. The average Bonchev–Trinajstić information content (AvgIpc) is 2.16. The first-order chi connectivity index (χ1) is 6.99. The van der Waals surface area contributed by atoms with Crippen LogP contribution in [0.15, 0.2) is 12.1 Å². The monoisotopic (exact) mass is 210 g/mol. The summed E-state index contributed by atoms with van der Waals surface area (Å²) in [5.74, 6) is 0.325. The molecule has 0 N–H and O–H groups in total. The molecule has 1 aromatic rings. The molecule has 0 atom stereocenters. The van der Waals surface area contributed by atoms with Crippen molar-refractivity contribution < 1.29 is 9.66 Å². The Bertz CT molecular complexity index is 388. The van der Waals surface area contributed by atoms with Gasteiger partial charge >= 0.3 is 5.69 Å². The molecule has 0 aliphatic heterocycles. The van der Waals surface area contributed by atoms with Gasteiger partial charge in [-0.3, -0.25) is 10.1 Å². The third kappa shape index (κ3) is 2.01. The van der Waals surface area contributed by atoms with Crippen LogP contribution < -0.4 is 9.64 Å². The molecule has 0 amide bonds. The molecule has 1 aromatic carbocycles. The largest absolute Gasteiger partial charge is 0.490 e. The smallest absolute Gasteiger partial charge is 0.334 e. The zero-order valence-electron chi connectivity index (χ0n) is 9.27. The number of hydrogen-bond acceptors (Lipinski definition) is 4. The zero-order chi connectivity index (χ0) is 11.6. The fourth-order valence-corrected chi connectivity index (χ4v) is 1.46. The van der Waals surface area contributed by atoms with Crippen molar-refractivity contribution in [2.24, 2.45) is 0 Å². The van der Waals surface area contributed by atoms with E-state index in [0.29, 0.717) is 11.4 Å². The van der Waals surface area contributed by atoms with E-state index in [1.165, 1.54) is 7.11 Å². The lowest BCUT2D eigenvalue weighted by Crippen LogP contribution is -2.12. The second-order valence-corrected chi connectivity index (χ2v) is 3.43. The van der Waals surface area contributed by atoms with Gasteiger partial charge in [0.05, 0.1) is 12.0 Å². The van der Waals surface area contributed by atoms with Gasteiger partial charge < -0.3 is 9.64 Å². The van der Waals surface area contributed by atoms with Crippen LogP contribution in [0.4, 0.5) is 11.4 Å². The highest BCUT2D eigenvalue weighted by Crippen LogP contribution is 2.38. The van der Waals surface area contributed by atoms with Gasteiger partial charge in [-0.25, -0.2) is 0 Å². The molecule has 0 bridgehead atoms. The first-order valence-corrected chi connectivity index (χ1v) is 4.48. The standard InChI is InChI=1S/C10H14N2O3/c1-7-5-6-8(11(2)3)9(12(13)14)10(7)15-4/h5-6H,1-4H3. The summed E-state index contributed by atoms with van der Waals surface area (Å²) < 4.78 is 5.06. The summed E-state index contributed by atoms with van der Waals surface area (Å²) in [7, 11) is 4.96. The van der Waals surface area contributed by atoms with Crippen LogP contribution in [0.3, 0.4) is 0 Å². The second kappa shape index (κ2) is 4.16. The summed E-state index contributed by atoms with van der Waals surface area (Å²) in [6.45, 7) is 1.78. The molecule has 0 spiro atoms. The topological polar surface area (TPSA) is 55.6 Å². The van der Waals surface area contributed by atoms with Gasteiger partial charge in [0, 0.05) is 14.1 Å². The van der Waals surface area contributed by atoms with Crippen LogP contribution in [-0.2, 0) is 0 Å². The maximum atomic E-state index is 11.0. The highest BCUT2D eigenvalue weighted by Gasteiger charge is 2.23. The van der Waals surface area contributed by atoms with Gasteiger partial charge in [-0.2, -0.15) is 0 Å². The van der Waals surface area contributed by atoms with Crippen molar-refractivity contribution in [3.05, 3.63) is 27.8 Å². The van der Waals surface area contributed by atoms with E-state index in [4.69, 9.17) is 4.74 Å². The molecule has 0 aliphatic rings. The van der Waals surface area contributed by atoms with E-state index in [-0.39, 0.29) is 5.69 Å². The van der Waals surface area contributed by atoms with Crippen LogP contribution in [0.25, 0.3) is 0 Å². The van der Waals surface area contributed by atoms with Gasteiger partial charge in [-0.1, -0.05) is 6.07 Å². The highest BCUT2D eigenvalue weighted by molar-refractivity contribution is 5.71. The molecule has 0 fully saturated rings. The van der Waals surface area contributed by atoms with Gasteiger partial charge in [0.2, 0.25) is 5.75 Å². The third-order valence-electron chi connectivity index (χ3n) is 2.18. The quantitative estimate of drug-likeness (QED) is 0.565. The molecule has 0 saturated heterocycles. The maximum Gasteiger partial charge on any atom is 0.334 e. The summed E-state index contributed by atoms with van der Waals surface area (Å²) in [6.07, 6.45) is 0. The molecule has 0 saturated carbocycles. The maximum absolute atomic E-state index is 11.0. The summed E-state index contributed by atoms with van der Waals surface area (Å²) >= 11 is 0.